The number of guanidine groups is 1. The van der Waals surface area contributed by atoms with E-state index in [2.05, 4.69) is 10.2 Å². The van der Waals surface area contributed by atoms with E-state index < -0.39 is 5.09 Å². The summed E-state index contributed by atoms with van der Waals surface area (Å²) >= 11 is 0. The van der Waals surface area contributed by atoms with Crippen molar-refractivity contribution in [1.29, 1.82) is 0 Å². The molecule has 12 heavy (non-hydrogen) atoms. The first-order chi connectivity index (χ1) is 5.50. The SMILES string of the molecule is CC/C=N/N=C(N)N.O=[N+]([O-])O. The number of hydrogen-bond acceptors (Lipinski definition) is 4. The summed E-state index contributed by atoms with van der Waals surface area (Å²) in [6.07, 6.45) is 2.47. The van der Waals surface area contributed by atoms with Crippen molar-refractivity contribution in [2.75, 3.05) is 0 Å². The van der Waals surface area contributed by atoms with Gasteiger partial charge in [-0.05, 0) is 6.42 Å². The number of rotatable bonds is 2. The van der Waals surface area contributed by atoms with E-state index in [0.717, 1.165) is 6.42 Å². The molecule has 0 aromatic carbocycles. The summed E-state index contributed by atoms with van der Waals surface area (Å²) in [6.45, 7) is 1.95. The fraction of sp³-hybridized carbons (Fsp3) is 0.500. The zero-order valence-electron chi connectivity index (χ0n) is 6.54. The summed E-state index contributed by atoms with van der Waals surface area (Å²) in [5, 5.41) is 20.5. The van der Waals surface area contributed by atoms with Crippen molar-refractivity contribution in [1.82, 2.24) is 0 Å². The predicted molar refractivity (Wildman–Crippen MR) is 43.4 cm³/mol. The van der Waals surface area contributed by atoms with Gasteiger partial charge in [-0.15, -0.1) is 15.2 Å². The van der Waals surface area contributed by atoms with Gasteiger partial charge in [0.05, 0.1) is 0 Å². The number of nitrogens with zero attached hydrogens (tertiary/aromatic N) is 3. The first kappa shape index (κ1) is 12.8. The van der Waals surface area contributed by atoms with Crippen molar-refractivity contribution in [2.24, 2.45) is 21.7 Å². The molecule has 0 saturated carbocycles. The summed E-state index contributed by atoms with van der Waals surface area (Å²) < 4.78 is 0. The Bertz CT molecular complexity index is 170. The van der Waals surface area contributed by atoms with E-state index in [1.807, 2.05) is 6.92 Å². The van der Waals surface area contributed by atoms with Crippen molar-refractivity contribution < 1.29 is 10.3 Å². The second-order valence-corrected chi connectivity index (χ2v) is 1.47. The quantitative estimate of drug-likeness (QED) is 0.221. The molecule has 0 bridgehead atoms. The summed E-state index contributed by atoms with van der Waals surface area (Å²) in [7, 11) is 0. The Labute approximate surface area is 68.7 Å². The van der Waals surface area contributed by atoms with E-state index >= 15 is 0 Å². The molecule has 0 aromatic heterocycles. The second-order valence-electron chi connectivity index (χ2n) is 1.47. The lowest BCUT2D eigenvalue weighted by Gasteiger charge is -1.80. The summed E-state index contributed by atoms with van der Waals surface area (Å²) in [4.78, 5) is 8.36. The minimum absolute atomic E-state index is 0.00491. The Morgan fingerprint density at radius 2 is 2.17 bits per heavy atom. The van der Waals surface area contributed by atoms with E-state index in [1.54, 1.807) is 6.21 Å². The minimum atomic E-state index is -1.50. The van der Waals surface area contributed by atoms with Crippen molar-refractivity contribution in [3.63, 3.8) is 0 Å². The molecule has 0 rings (SSSR count). The van der Waals surface area contributed by atoms with Crippen molar-refractivity contribution in [2.45, 2.75) is 13.3 Å². The summed E-state index contributed by atoms with van der Waals surface area (Å²) in [6, 6.07) is 0. The van der Waals surface area contributed by atoms with Gasteiger partial charge in [-0.25, -0.2) is 0 Å². The lowest BCUT2D eigenvalue weighted by Crippen LogP contribution is -2.21. The van der Waals surface area contributed by atoms with Gasteiger partial charge in [-0.3, -0.25) is 0 Å². The number of hydrogen-bond donors (Lipinski definition) is 3. The average molecular weight is 177 g/mol. The Hall–Kier alpha value is -1.86. The van der Waals surface area contributed by atoms with Crippen LogP contribution < -0.4 is 11.5 Å². The fourth-order valence-electron chi connectivity index (χ4n) is 0.189. The highest BCUT2D eigenvalue weighted by molar-refractivity contribution is 5.76. The van der Waals surface area contributed by atoms with Crippen molar-refractivity contribution >= 4 is 12.2 Å². The molecule has 0 aliphatic carbocycles. The maximum Gasteiger partial charge on any atom is 0.291 e. The first-order valence-corrected chi connectivity index (χ1v) is 2.94. The average Bonchev–Trinajstić information content (AvgIpc) is 1.86. The van der Waals surface area contributed by atoms with Gasteiger partial charge in [-0.2, -0.15) is 5.10 Å². The third kappa shape index (κ3) is 42.1. The van der Waals surface area contributed by atoms with Gasteiger partial charge >= 0.3 is 0 Å². The fourth-order valence-corrected chi connectivity index (χ4v) is 0.189. The van der Waals surface area contributed by atoms with Crippen molar-refractivity contribution in [3.8, 4) is 0 Å². The highest BCUT2D eigenvalue weighted by Crippen LogP contribution is 1.69. The van der Waals surface area contributed by atoms with Gasteiger partial charge in [0.1, 0.15) is 0 Å². The molecule has 5 N–H and O–H groups in total. The largest absolute Gasteiger partial charge is 0.369 e. The Kier molecular flexibility index (Phi) is 9.74. The monoisotopic (exact) mass is 177 g/mol. The maximum absolute atomic E-state index is 8.36. The second kappa shape index (κ2) is 9.14. The van der Waals surface area contributed by atoms with Crippen LogP contribution in [0.5, 0.6) is 0 Å². The molecule has 0 aliphatic rings. The molecule has 0 unspecified atom stereocenters. The van der Waals surface area contributed by atoms with E-state index in [1.165, 1.54) is 0 Å². The molecule has 0 spiro atoms. The van der Waals surface area contributed by atoms with Crippen LogP contribution in [0.1, 0.15) is 13.3 Å². The normalized spacial score (nSPS) is 8.42. The van der Waals surface area contributed by atoms with E-state index in [9.17, 15) is 0 Å². The minimum Gasteiger partial charge on any atom is -0.369 e. The predicted octanol–water partition coefficient (Wildman–Crippen LogP) is -0.692. The zero-order valence-corrected chi connectivity index (χ0v) is 6.54. The van der Waals surface area contributed by atoms with Crippen LogP contribution in [0.2, 0.25) is 0 Å². The molecule has 0 saturated heterocycles. The van der Waals surface area contributed by atoms with Crippen LogP contribution in [0.15, 0.2) is 10.2 Å². The molecular formula is C4H11N5O3. The molecule has 8 heteroatoms. The summed E-state index contributed by atoms with van der Waals surface area (Å²) in [5.74, 6) is -0.00491. The molecule has 0 radical (unpaired) electrons. The van der Waals surface area contributed by atoms with Crippen molar-refractivity contribution in [3.05, 3.63) is 10.1 Å². The van der Waals surface area contributed by atoms with Gasteiger partial charge < -0.3 is 16.7 Å². The Morgan fingerprint density at radius 3 is 2.42 bits per heavy atom. The van der Waals surface area contributed by atoms with Gasteiger partial charge in [0, 0.05) is 6.21 Å². The van der Waals surface area contributed by atoms with E-state index in [-0.39, 0.29) is 5.96 Å². The Morgan fingerprint density at radius 1 is 1.75 bits per heavy atom. The smallest absolute Gasteiger partial charge is 0.291 e. The standard InChI is InChI=1S/C4H10N4.HNO3/c1-2-3-7-8-4(5)6;2-1(3)4/h3H,2H2,1H3,(H4,5,6,8);(H,2,3,4)/b7-3+;. The van der Waals surface area contributed by atoms with Crippen LogP contribution in [-0.4, -0.2) is 22.5 Å². The lowest BCUT2D eigenvalue weighted by molar-refractivity contribution is -0.742. The van der Waals surface area contributed by atoms with Crippen LogP contribution in [0.25, 0.3) is 0 Å². The lowest BCUT2D eigenvalue weighted by atomic mass is 10.6. The van der Waals surface area contributed by atoms with Gasteiger partial charge in [-0.1, -0.05) is 6.92 Å². The number of nitrogens with two attached hydrogens (primary N) is 2. The van der Waals surface area contributed by atoms with Crippen LogP contribution >= 0.6 is 0 Å². The van der Waals surface area contributed by atoms with Gasteiger partial charge in [0.2, 0.25) is 5.96 Å². The van der Waals surface area contributed by atoms with Crippen LogP contribution in [0.3, 0.4) is 0 Å². The zero-order chi connectivity index (χ0) is 9.98. The van der Waals surface area contributed by atoms with Gasteiger partial charge in [0.15, 0.2) is 0 Å². The molecule has 8 nitrogen and oxygen atoms in total. The highest BCUT2D eigenvalue weighted by atomic mass is 16.9. The Balaban J connectivity index is 0. The third-order valence-corrected chi connectivity index (χ3v) is 0.437. The molecule has 0 fully saturated rings. The summed E-state index contributed by atoms with van der Waals surface area (Å²) in [5.41, 5.74) is 9.89. The van der Waals surface area contributed by atoms with Crippen LogP contribution in [0, 0.1) is 10.1 Å². The molecular weight excluding hydrogens is 166 g/mol. The molecule has 0 heterocycles. The van der Waals surface area contributed by atoms with Crippen LogP contribution in [0.4, 0.5) is 0 Å². The first-order valence-electron chi connectivity index (χ1n) is 2.94. The molecule has 0 aliphatic heterocycles. The maximum atomic E-state index is 8.36. The highest BCUT2D eigenvalue weighted by Gasteiger charge is 1.70. The van der Waals surface area contributed by atoms with Crippen LogP contribution in [-0.2, 0) is 0 Å². The van der Waals surface area contributed by atoms with E-state index in [0.29, 0.717) is 0 Å². The molecule has 70 valence electrons. The topological polar surface area (TPSA) is 140 Å². The molecule has 0 amide bonds. The van der Waals surface area contributed by atoms with Gasteiger partial charge in [0.25, 0.3) is 5.09 Å². The third-order valence-electron chi connectivity index (χ3n) is 0.437. The molecule has 0 atom stereocenters. The molecule has 0 aromatic rings. The van der Waals surface area contributed by atoms with E-state index in [4.69, 9.17) is 26.8 Å².